The molecule has 3 heteroatoms. The zero-order valence-corrected chi connectivity index (χ0v) is 8.14. The summed E-state index contributed by atoms with van der Waals surface area (Å²) in [5, 5.41) is 10.2. The van der Waals surface area contributed by atoms with Crippen LogP contribution in [0.5, 0.6) is 0 Å². The molecule has 0 heterocycles. The summed E-state index contributed by atoms with van der Waals surface area (Å²) >= 11 is 0. The zero-order chi connectivity index (χ0) is 10.4. The molecule has 0 fully saturated rings. The van der Waals surface area contributed by atoms with Gasteiger partial charge in [-0.3, -0.25) is 10.1 Å². The molecule has 0 aromatic heterocycles. The molecule has 1 aromatic rings. The van der Waals surface area contributed by atoms with Crippen molar-refractivity contribution in [2.45, 2.75) is 19.8 Å². The first-order chi connectivity index (χ1) is 6.68. The molecule has 0 atom stereocenters. The summed E-state index contributed by atoms with van der Waals surface area (Å²) in [6.07, 6.45) is 2.67. The minimum absolute atomic E-state index is 0.402. The molecule has 0 spiro atoms. The van der Waals surface area contributed by atoms with Gasteiger partial charge in [0.1, 0.15) is 0 Å². The van der Waals surface area contributed by atoms with Gasteiger partial charge < -0.3 is 0 Å². The average Bonchev–Trinajstić information content (AvgIpc) is 2.15. The number of aryl methyl sites for hydroxylation is 1. The van der Waals surface area contributed by atoms with Gasteiger partial charge in [0.25, 0.3) is 0 Å². The highest BCUT2D eigenvalue weighted by Crippen LogP contribution is 2.08. The molecule has 1 aromatic carbocycles. The molecule has 74 valence electrons. The van der Waals surface area contributed by atoms with Gasteiger partial charge in [-0.25, -0.2) is 0 Å². The predicted octanol–water partition coefficient (Wildman–Crippen LogP) is 2.80. The van der Waals surface area contributed by atoms with Crippen LogP contribution in [0.4, 0.5) is 0 Å². The van der Waals surface area contributed by atoms with E-state index in [-0.39, 0.29) is 0 Å². The zero-order valence-electron chi connectivity index (χ0n) is 8.14. The standard InChI is InChI=1S/C11H13NO2/c1-10(9-12(13)14)7-8-11-5-3-2-4-6-11/h2-6,9H,7-8H2,1H3/b10-9+. The van der Waals surface area contributed by atoms with Crippen LogP contribution in [0, 0.1) is 10.1 Å². The highest BCUT2D eigenvalue weighted by atomic mass is 16.6. The largest absolute Gasteiger partial charge is 0.259 e. The quantitative estimate of drug-likeness (QED) is 0.542. The highest BCUT2D eigenvalue weighted by molar-refractivity contribution is 5.15. The van der Waals surface area contributed by atoms with E-state index in [0.29, 0.717) is 0 Å². The van der Waals surface area contributed by atoms with E-state index < -0.39 is 4.92 Å². The van der Waals surface area contributed by atoms with Crippen LogP contribution in [0.25, 0.3) is 0 Å². The number of rotatable bonds is 4. The number of hydrogen-bond acceptors (Lipinski definition) is 2. The smallest absolute Gasteiger partial charge is 0.233 e. The first-order valence-electron chi connectivity index (χ1n) is 4.53. The van der Waals surface area contributed by atoms with Gasteiger partial charge in [0.15, 0.2) is 0 Å². The monoisotopic (exact) mass is 191 g/mol. The molecule has 0 saturated heterocycles. The van der Waals surface area contributed by atoms with Gasteiger partial charge in [0.05, 0.1) is 4.92 Å². The molecular formula is C11H13NO2. The summed E-state index contributed by atoms with van der Waals surface area (Å²) in [4.78, 5) is 9.75. The summed E-state index contributed by atoms with van der Waals surface area (Å²) in [5.41, 5.74) is 2.02. The summed E-state index contributed by atoms with van der Waals surface area (Å²) in [6, 6.07) is 9.96. The van der Waals surface area contributed by atoms with Gasteiger partial charge in [-0.2, -0.15) is 0 Å². The van der Waals surface area contributed by atoms with Crippen molar-refractivity contribution in [2.75, 3.05) is 0 Å². The van der Waals surface area contributed by atoms with Crippen LogP contribution in [0.2, 0.25) is 0 Å². The lowest BCUT2D eigenvalue weighted by Crippen LogP contribution is -1.90. The van der Waals surface area contributed by atoms with Crippen molar-refractivity contribution in [2.24, 2.45) is 0 Å². The fourth-order valence-corrected chi connectivity index (χ4v) is 1.23. The van der Waals surface area contributed by atoms with Crippen molar-refractivity contribution in [1.29, 1.82) is 0 Å². The molecule has 0 aliphatic rings. The molecule has 0 radical (unpaired) electrons. The van der Waals surface area contributed by atoms with Crippen LogP contribution in [0.3, 0.4) is 0 Å². The van der Waals surface area contributed by atoms with Crippen molar-refractivity contribution in [1.82, 2.24) is 0 Å². The molecule has 0 saturated carbocycles. The molecule has 0 aliphatic carbocycles. The molecule has 14 heavy (non-hydrogen) atoms. The second-order valence-electron chi connectivity index (χ2n) is 3.25. The van der Waals surface area contributed by atoms with Gasteiger partial charge in [-0.05, 0) is 30.9 Å². The minimum Gasteiger partial charge on any atom is -0.259 e. The van der Waals surface area contributed by atoms with Gasteiger partial charge in [-0.15, -0.1) is 0 Å². The Morgan fingerprint density at radius 3 is 2.64 bits per heavy atom. The molecule has 1 rings (SSSR count). The Hall–Kier alpha value is -1.64. The molecule has 0 bridgehead atoms. The van der Waals surface area contributed by atoms with E-state index >= 15 is 0 Å². The fourth-order valence-electron chi connectivity index (χ4n) is 1.23. The first-order valence-corrected chi connectivity index (χ1v) is 4.53. The lowest BCUT2D eigenvalue weighted by Gasteiger charge is -1.99. The third-order valence-electron chi connectivity index (χ3n) is 1.98. The Morgan fingerprint density at radius 2 is 2.07 bits per heavy atom. The van der Waals surface area contributed by atoms with E-state index in [1.165, 1.54) is 5.56 Å². The Kier molecular flexibility index (Phi) is 3.85. The highest BCUT2D eigenvalue weighted by Gasteiger charge is 1.97. The van der Waals surface area contributed by atoms with E-state index in [1.807, 2.05) is 30.3 Å². The van der Waals surface area contributed by atoms with Crippen LogP contribution >= 0.6 is 0 Å². The van der Waals surface area contributed by atoms with E-state index in [0.717, 1.165) is 24.6 Å². The SMILES string of the molecule is C/C(=C\[N+](=O)[O-])CCc1ccccc1. The molecule has 0 N–H and O–H groups in total. The van der Waals surface area contributed by atoms with E-state index in [9.17, 15) is 10.1 Å². The second-order valence-corrected chi connectivity index (χ2v) is 3.25. The first kappa shape index (κ1) is 10.4. The third kappa shape index (κ3) is 3.85. The normalized spacial score (nSPS) is 11.4. The lowest BCUT2D eigenvalue weighted by atomic mass is 10.1. The van der Waals surface area contributed by atoms with Crippen LogP contribution in [0.1, 0.15) is 18.9 Å². The maximum atomic E-state index is 10.2. The van der Waals surface area contributed by atoms with Crippen molar-refractivity contribution >= 4 is 0 Å². The average molecular weight is 191 g/mol. The topological polar surface area (TPSA) is 43.1 Å². The lowest BCUT2D eigenvalue weighted by molar-refractivity contribution is -0.403. The van der Waals surface area contributed by atoms with Crippen molar-refractivity contribution in [3.8, 4) is 0 Å². The van der Waals surface area contributed by atoms with Crippen molar-refractivity contribution in [3.05, 3.63) is 57.8 Å². The Morgan fingerprint density at radius 1 is 1.43 bits per heavy atom. The molecule has 0 aliphatic heterocycles. The molecule has 0 amide bonds. The number of allylic oxidation sites excluding steroid dienone is 1. The van der Waals surface area contributed by atoms with Gasteiger partial charge in [0.2, 0.25) is 6.20 Å². The Labute approximate surface area is 83.2 Å². The van der Waals surface area contributed by atoms with Crippen molar-refractivity contribution < 1.29 is 4.92 Å². The van der Waals surface area contributed by atoms with Crippen molar-refractivity contribution in [3.63, 3.8) is 0 Å². The van der Waals surface area contributed by atoms with E-state index in [4.69, 9.17) is 0 Å². The second kappa shape index (κ2) is 5.17. The van der Waals surface area contributed by atoms with Gasteiger partial charge in [0, 0.05) is 0 Å². The molecule has 0 unspecified atom stereocenters. The van der Waals surface area contributed by atoms with E-state index in [1.54, 1.807) is 6.92 Å². The summed E-state index contributed by atoms with van der Waals surface area (Å²) in [5.74, 6) is 0. The van der Waals surface area contributed by atoms with Crippen LogP contribution < -0.4 is 0 Å². The van der Waals surface area contributed by atoms with E-state index in [2.05, 4.69) is 0 Å². The summed E-state index contributed by atoms with van der Waals surface area (Å²) < 4.78 is 0. The maximum Gasteiger partial charge on any atom is 0.233 e. The number of nitro groups is 1. The van der Waals surface area contributed by atoms with Gasteiger partial charge >= 0.3 is 0 Å². The third-order valence-corrected chi connectivity index (χ3v) is 1.98. The molecule has 3 nitrogen and oxygen atoms in total. The summed E-state index contributed by atoms with van der Waals surface area (Å²) in [6.45, 7) is 1.78. The maximum absolute atomic E-state index is 10.2. The minimum atomic E-state index is -0.402. The van der Waals surface area contributed by atoms with Crippen LogP contribution in [-0.4, -0.2) is 4.92 Å². The number of benzene rings is 1. The number of hydrogen-bond donors (Lipinski definition) is 0. The van der Waals surface area contributed by atoms with Gasteiger partial charge in [-0.1, -0.05) is 30.3 Å². The Bertz CT molecular complexity index is 330. The van der Waals surface area contributed by atoms with Crippen LogP contribution in [0.15, 0.2) is 42.1 Å². The Balaban J connectivity index is 2.45. The molecular weight excluding hydrogens is 178 g/mol. The van der Waals surface area contributed by atoms with Crippen LogP contribution in [-0.2, 0) is 6.42 Å². The fraction of sp³-hybridized carbons (Fsp3) is 0.273. The summed E-state index contributed by atoms with van der Waals surface area (Å²) in [7, 11) is 0. The predicted molar refractivity (Wildman–Crippen MR) is 55.5 cm³/mol. The number of nitrogens with zero attached hydrogens (tertiary/aromatic N) is 1.